The Morgan fingerprint density at radius 2 is 1.89 bits per heavy atom. The third-order valence-corrected chi connectivity index (χ3v) is 7.16. The normalized spacial score (nSPS) is 32.7. The van der Waals surface area contributed by atoms with Gasteiger partial charge in [0.2, 0.25) is 0 Å². The van der Waals surface area contributed by atoms with E-state index in [1.807, 2.05) is 0 Å². The smallest absolute Gasteiger partial charge is 0.257 e. The first-order valence-corrected chi connectivity index (χ1v) is 11.4. The zero-order valence-corrected chi connectivity index (χ0v) is 17.5. The van der Waals surface area contributed by atoms with Crippen LogP contribution >= 0.6 is 0 Å². The maximum absolute atomic E-state index is 13.2. The lowest BCUT2D eigenvalue weighted by Gasteiger charge is -2.35. The maximum atomic E-state index is 13.2. The molecule has 0 saturated heterocycles. The quantitative estimate of drug-likeness (QED) is 0.676. The molecule has 5 nitrogen and oxygen atoms in total. The molecule has 0 radical (unpaired) electrons. The number of likely N-dealkylation sites (N-methyl/N-ethyl adjacent to an activating group) is 1. The maximum Gasteiger partial charge on any atom is 0.257 e. The van der Waals surface area contributed by atoms with Crippen LogP contribution in [0.2, 0.25) is 0 Å². The molecule has 0 spiro atoms. The van der Waals surface area contributed by atoms with Gasteiger partial charge in [0.05, 0.1) is 0 Å². The molecule has 0 unspecified atom stereocenters. The zero-order chi connectivity index (χ0) is 19.3. The summed E-state index contributed by atoms with van der Waals surface area (Å²) >= 11 is 0. The van der Waals surface area contributed by atoms with Gasteiger partial charge in [-0.05, 0) is 56.9 Å². The van der Waals surface area contributed by atoms with Crippen molar-refractivity contribution < 1.29 is 4.79 Å². The van der Waals surface area contributed by atoms with Crippen LogP contribution in [-0.2, 0) is 4.79 Å². The van der Waals surface area contributed by atoms with Gasteiger partial charge < -0.3 is 11.1 Å². The molecule has 3 rings (SSSR count). The Labute approximate surface area is 165 Å². The third kappa shape index (κ3) is 5.04. The van der Waals surface area contributed by atoms with Crippen molar-refractivity contribution in [3.05, 3.63) is 0 Å². The van der Waals surface area contributed by atoms with E-state index < -0.39 is 5.54 Å². The minimum atomic E-state index is -0.590. The van der Waals surface area contributed by atoms with Crippen LogP contribution in [0.25, 0.3) is 0 Å². The van der Waals surface area contributed by atoms with Crippen LogP contribution < -0.4 is 11.1 Å². The molecule has 5 heteroatoms. The highest BCUT2D eigenvalue weighted by Crippen LogP contribution is 2.40. The Hall–Kier alpha value is -1.10. The second-order valence-electron chi connectivity index (χ2n) is 9.30. The highest BCUT2D eigenvalue weighted by atomic mass is 16.2. The number of hydrogen-bond donors (Lipinski definition) is 2. The van der Waals surface area contributed by atoms with Gasteiger partial charge in [-0.2, -0.15) is 0 Å². The van der Waals surface area contributed by atoms with E-state index in [9.17, 15) is 4.79 Å². The molecule has 1 aliphatic heterocycles. The first-order chi connectivity index (χ1) is 13.0. The predicted molar refractivity (Wildman–Crippen MR) is 112 cm³/mol. The summed E-state index contributed by atoms with van der Waals surface area (Å²) in [5.41, 5.74) is 5.50. The van der Waals surface area contributed by atoms with E-state index in [0.717, 1.165) is 31.7 Å². The van der Waals surface area contributed by atoms with Crippen molar-refractivity contribution >= 4 is 11.9 Å². The fourth-order valence-corrected chi connectivity index (χ4v) is 5.56. The number of carbonyl (C=O) groups is 1. The molecular weight excluding hydrogens is 336 g/mol. The average molecular weight is 377 g/mol. The highest BCUT2D eigenvalue weighted by Gasteiger charge is 2.47. The highest BCUT2D eigenvalue weighted by molar-refractivity contribution is 6.06. The lowest BCUT2D eigenvalue weighted by atomic mass is 9.74. The second kappa shape index (κ2) is 9.40. The number of aliphatic imine (C=N–C) groups is 1. The number of nitrogens with zero attached hydrogens (tertiary/aromatic N) is 2. The van der Waals surface area contributed by atoms with Gasteiger partial charge in [-0.25, -0.2) is 4.99 Å². The van der Waals surface area contributed by atoms with Gasteiger partial charge in [-0.3, -0.25) is 9.69 Å². The molecule has 2 fully saturated rings. The van der Waals surface area contributed by atoms with Crippen molar-refractivity contribution in [2.24, 2.45) is 22.6 Å². The SMILES string of the molecule is CCCN[C@@H]1CCC[C@@H](C[C@@]2(CCC3CCCCC3)N=C(N)N(C)C2=O)C1. The summed E-state index contributed by atoms with van der Waals surface area (Å²) in [6.45, 7) is 3.31. The molecule has 154 valence electrons. The molecule has 3 atom stereocenters. The summed E-state index contributed by atoms with van der Waals surface area (Å²) in [5.74, 6) is 1.90. The van der Waals surface area contributed by atoms with Crippen LogP contribution in [0.1, 0.15) is 90.4 Å². The summed E-state index contributed by atoms with van der Waals surface area (Å²) in [6.07, 6.45) is 15.7. The predicted octanol–water partition coefficient (Wildman–Crippen LogP) is 3.82. The van der Waals surface area contributed by atoms with Crippen LogP contribution in [0.5, 0.6) is 0 Å². The van der Waals surface area contributed by atoms with E-state index in [1.54, 1.807) is 11.9 Å². The lowest BCUT2D eigenvalue weighted by Crippen LogP contribution is -2.45. The second-order valence-corrected chi connectivity index (χ2v) is 9.30. The largest absolute Gasteiger partial charge is 0.369 e. The van der Waals surface area contributed by atoms with E-state index in [4.69, 9.17) is 10.7 Å². The molecule has 0 aromatic heterocycles. The van der Waals surface area contributed by atoms with Crippen LogP contribution in [-0.4, -0.2) is 41.9 Å². The first-order valence-electron chi connectivity index (χ1n) is 11.4. The standard InChI is InChI=1S/C22H40N4O/c1-3-14-24-19-11-7-10-18(15-19)16-22(20(27)26(2)21(23)25-22)13-12-17-8-5-4-6-9-17/h17-19,24H,3-16H2,1-2H3,(H2,23,25)/t18-,19-,22-/m1/s1. The number of hydrogen-bond acceptors (Lipinski definition) is 4. The van der Waals surface area contributed by atoms with Crippen molar-refractivity contribution in [3.8, 4) is 0 Å². The van der Waals surface area contributed by atoms with E-state index >= 15 is 0 Å². The van der Waals surface area contributed by atoms with Gasteiger partial charge in [-0.1, -0.05) is 51.9 Å². The Morgan fingerprint density at radius 1 is 1.15 bits per heavy atom. The third-order valence-electron chi connectivity index (χ3n) is 7.16. The molecule has 0 aromatic rings. The number of amides is 1. The molecule has 3 N–H and O–H groups in total. The minimum absolute atomic E-state index is 0.138. The molecule has 1 amide bonds. The van der Waals surface area contributed by atoms with Gasteiger partial charge in [0.1, 0.15) is 5.54 Å². The Kier molecular flexibility index (Phi) is 7.18. The van der Waals surface area contributed by atoms with E-state index in [-0.39, 0.29) is 5.91 Å². The molecule has 2 aliphatic carbocycles. The number of nitrogens with one attached hydrogen (secondary N) is 1. The Bertz CT molecular complexity index is 528. The molecule has 0 aromatic carbocycles. The molecule has 3 aliphatic rings. The number of nitrogens with two attached hydrogens (primary N) is 1. The summed E-state index contributed by atoms with van der Waals surface area (Å²) < 4.78 is 0. The molecule has 27 heavy (non-hydrogen) atoms. The average Bonchev–Trinajstić information content (AvgIpc) is 2.90. The van der Waals surface area contributed by atoms with E-state index in [0.29, 0.717) is 17.9 Å². The molecular formula is C22H40N4O. The summed E-state index contributed by atoms with van der Waals surface area (Å²) in [6, 6.07) is 0.606. The Balaban J connectivity index is 1.66. The van der Waals surface area contributed by atoms with Crippen LogP contribution in [0.3, 0.4) is 0 Å². The number of rotatable bonds is 8. The van der Waals surface area contributed by atoms with E-state index in [2.05, 4.69) is 12.2 Å². The summed E-state index contributed by atoms with van der Waals surface area (Å²) in [5, 5.41) is 3.70. The molecule has 2 saturated carbocycles. The fourth-order valence-electron chi connectivity index (χ4n) is 5.56. The summed E-state index contributed by atoms with van der Waals surface area (Å²) in [7, 11) is 1.79. The molecule has 0 bridgehead atoms. The molecule has 1 heterocycles. The van der Waals surface area contributed by atoms with Crippen LogP contribution in [0.15, 0.2) is 4.99 Å². The van der Waals surface area contributed by atoms with Crippen molar-refractivity contribution in [1.29, 1.82) is 0 Å². The van der Waals surface area contributed by atoms with Crippen LogP contribution in [0.4, 0.5) is 0 Å². The number of guanidine groups is 1. The monoisotopic (exact) mass is 376 g/mol. The van der Waals surface area contributed by atoms with Crippen molar-refractivity contribution in [2.75, 3.05) is 13.6 Å². The zero-order valence-electron chi connectivity index (χ0n) is 17.5. The van der Waals surface area contributed by atoms with Crippen molar-refractivity contribution in [2.45, 2.75) is 102 Å². The Morgan fingerprint density at radius 3 is 2.56 bits per heavy atom. The number of carbonyl (C=O) groups excluding carboxylic acids is 1. The van der Waals surface area contributed by atoms with Crippen LogP contribution in [0, 0.1) is 11.8 Å². The van der Waals surface area contributed by atoms with Crippen molar-refractivity contribution in [3.63, 3.8) is 0 Å². The topological polar surface area (TPSA) is 70.7 Å². The van der Waals surface area contributed by atoms with E-state index in [1.165, 1.54) is 64.2 Å². The fraction of sp³-hybridized carbons (Fsp3) is 0.909. The van der Waals surface area contributed by atoms with Gasteiger partial charge in [0.25, 0.3) is 5.91 Å². The van der Waals surface area contributed by atoms with Gasteiger partial charge in [0.15, 0.2) is 5.96 Å². The lowest BCUT2D eigenvalue weighted by molar-refractivity contribution is -0.131. The first kappa shape index (κ1) is 20.6. The minimum Gasteiger partial charge on any atom is -0.369 e. The van der Waals surface area contributed by atoms with Crippen molar-refractivity contribution in [1.82, 2.24) is 10.2 Å². The van der Waals surface area contributed by atoms with Gasteiger partial charge in [-0.15, -0.1) is 0 Å². The summed E-state index contributed by atoms with van der Waals surface area (Å²) in [4.78, 5) is 19.5. The van der Waals surface area contributed by atoms with Gasteiger partial charge in [0, 0.05) is 13.1 Å². The van der Waals surface area contributed by atoms with Gasteiger partial charge >= 0.3 is 0 Å².